The fourth-order valence-corrected chi connectivity index (χ4v) is 2.81. The van der Waals surface area contributed by atoms with Gasteiger partial charge in [-0.1, -0.05) is 6.07 Å². The number of hydrogen-bond donors (Lipinski definition) is 1. The van der Waals surface area contributed by atoms with Gasteiger partial charge in [0.05, 0.1) is 18.2 Å². The average Bonchev–Trinajstić information content (AvgIpc) is 2.92. The van der Waals surface area contributed by atoms with Crippen LogP contribution < -0.4 is 10.2 Å². The van der Waals surface area contributed by atoms with Crippen LogP contribution in [0.4, 0.5) is 5.82 Å². The zero-order chi connectivity index (χ0) is 17.8. The van der Waals surface area contributed by atoms with Gasteiger partial charge >= 0.3 is 0 Å². The Labute approximate surface area is 145 Å². The largest absolute Gasteiger partial charge is 0.344 e. The molecular weight excluding hydrogens is 320 g/mol. The number of anilines is 1. The summed E-state index contributed by atoms with van der Waals surface area (Å²) in [4.78, 5) is 41.2. The number of pyridine rings is 1. The van der Waals surface area contributed by atoms with Crippen LogP contribution in [0.1, 0.15) is 28.6 Å². The molecule has 0 fully saturated rings. The molecule has 0 aromatic carbocycles. The number of carbonyl (C=O) groups is 2. The Balaban J connectivity index is 1.90. The fourth-order valence-electron chi connectivity index (χ4n) is 2.81. The minimum Gasteiger partial charge on any atom is -0.344 e. The van der Waals surface area contributed by atoms with Gasteiger partial charge in [-0.3, -0.25) is 19.5 Å². The van der Waals surface area contributed by atoms with Crippen molar-refractivity contribution >= 4 is 17.6 Å². The van der Waals surface area contributed by atoms with E-state index in [1.165, 1.54) is 17.3 Å². The molecule has 0 saturated carbocycles. The molecule has 2 aromatic rings. The van der Waals surface area contributed by atoms with Gasteiger partial charge in [-0.05, 0) is 19.2 Å². The zero-order valence-corrected chi connectivity index (χ0v) is 14.2. The molecule has 0 spiro atoms. The Bertz CT molecular complexity index is 767. The van der Waals surface area contributed by atoms with E-state index in [0.29, 0.717) is 24.6 Å². The topological polar surface area (TPSA) is 91.3 Å². The van der Waals surface area contributed by atoms with Gasteiger partial charge in [-0.15, -0.1) is 0 Å². The first-order valence-electron chi connectivity index (χ1n) is 8.07. The summed E-state index contributed by atoms with van der Waals surface area (Å²) in [5, 5.41) is 3.01. The van der Waals surface area contributed by atoms with Crippen molar-refractivity contribution in [3.63, 3.8) is 0 Å². The van der Waals surface area contributed by atoms with Crippen LogP contribution in [0.3, 0.4) is 0 Å². The number of nitrogens with one attached hydrogen (secondary N) is 1. The molecule has 1 aliphatic rings. The van der Waals surface area contributed by atoms with Crippen LogP contribution in [0.5, 0.6) is 0 Å². The minimum atomic E-state index is -0.504. The monoisotopic (exact) mass is 340 g/mol. The molecule has 2 amide bonds. The minimum absolute atomic E-state index is 0.0625. The maximum atomic E-state index is 12.8. The van der Waals surface area contributed by atoms with Gasteiger partial charge in [-0.25, -0.2) is 9.97 Å². The Morgan fingerprint density at radius 2 is 2.04 bits per heavy atom. The summed E-state index contributed by atoms with van der Waals surface area (Å²) < 4.78 is 0. The molecule has 1 atom stereocenters. The number of rotatable bonds is 6. The third-order valence-electron chi connectivity index (χ3n) is 4.16. The molecule has 0 bridgehead atoms. The first-order chi connectivity index (χ1) is 12.1. The van der Waals surface area contributed by atoms with Crippen LogP contribution in [0.25, 0.3) is 0 Å². The van der Waals surface area contributed by atoms with E-state index >= 15 is 0 Å². The van der Waals surface area contributed by atoms with E-state index in [2.05, 4.69) is 20.3 Å². The average molecular weight is 340 g/mol. The highest BCUT2D eigenvalue weighted by molar-refractivity contribution is 6.09. The van der Waals surface area contributed by atoms with Gasteiger partial charge in [0.25, 0.3) is 5.91 Å². The number of nitrogens with zero attached hydrogens (tertiary/aromatic N) is 5. The lowest BCUT2D eigenvalue weighted by molar-refractivity contribution is -0.130. The summed E-state index contributed by atoms with van der Waals surface area (Å²) in [5.41, 5.74) is 0.803. The van der Waals surface area contributed by atoms with Gasteiger partial charge in [-0.2, -0.15) is 0 Å². The lowest BCUT2D eigenvalue weighted by Crippen LogP contribution is -2.36. The lowest BCUT2D eigenvalue weighted by atomic mass is 10.1. The van der Waals surface area contributed by atoms with Gasteiger partial charge in [0.1, 0.15) is 5.82 Å². The van der Waals surface area contributed by atoms with E-state index in [1.54, 1.807) is 36.3 Å². The number of aromatic nitrogens is 3. The number of likely N-dealkylation sites (N-methyl/N-ethyl adjacent to an activating group) is 2. The van der Waals surface area contributed by atoms with Gasteiger partial charge < -0.3 is 10.2 Å². The van der Waals surface area contributed by atoms with Crippen LogP contribution in [-0.4, -0.2) is 58.9 Å². The highest BCUT2D eigenvalue weighted by atomic mass is 16.2. The van der Waals surface area contributed by atoms with Crippen LogP contribution in [-0.2, 0) is 4.79 Å². The van der Waals surface area contributed by atoms with E-state index in [-0.39, 0.29) is 23.9 Å². The molecule has 8 heteroatoms. The van der Waals surface area contributed by atoms with Gasteiger partial charge in [0.15, 0.2) is 5.69 Å². The van der Waals surface area contributed by atoms with E-state index in [0.717, 1.165) is 0 Å². The van der Waals surface area contributed by atoms with Crippen molar-refractivity contribution in [3.8, 4) is 0 Å². The molecule has 2 aromatic heterocycles. The molecule has 8 nitrogen and oxygen atoms in total. The molecule has 3 heterocycles. The smallest absolute Gasteiger partial charge is 0.280 e. The third kappa shape index (κ3) is 3.34. The Kier molecular flexibility index (Phi) is 4.99. The SMILES string of the molecule is CNCCN(C)C(=O)C[C@H]1c2nccnc2C(=O)N1c1ccccn1. The molecule has 3 rings (SSSR count). The molecule has 0 radical (unpaired) electrons. The van der Waals surface area contributed by atoms with Crippen molar-refractivity contribution in [1.82, 2.24) is 25.2 Å². The van der Waals surface area contributed by atoms with Crippen molar-refractivity contribution in [2.45, 2.75) is 12.5 Å². The van der Waals surface area contributed by atoms with E-state index in [1.807, 2.05) is 7.05 Å². The molecule has 25 heavy (non-hydrogen) atoms. The first kappa shape index (κ1) is 17.0. The second-order valence-electron chi connectivity index (χ2n) is 5.79. The molecule has 130 valence electrons. The molecule has 0 unspecified atom stereocenters. The molecule has 1 N–H and O–H groups in total. The number of carbonyl (C=O) groups excluding carboxylic acids is 2. The quantitative estimate of drug-likeness (QED) is 0.830. The summed E-state index contributed by atoms with van der Waals surface area (Å²) in [7, 11) is 3.59. The lowest BCUT2D eigenvalue weighted by Gasteiger charge is -2.25. The van der Waals surface area contributed by atoms with E-state index in [9.17, 15) is 9.59 Å². The van der Waals surface area contributed by atoms with Gasteiger partial charge in [0, 0.05) is 38.7 Å². The molecular formula is C17H20N6O2. The van der Waals surface area contributed by atoms with Crippen LogP contribution in [0.15, 0.2) is 36.8 Å². The van der Waals surface area contributed by atoms with Crippen LogP contribution >= 0.6 is 0 Å². The Morgan fingerprint density at radius 3 is 2.76 bits per heavy atom. The third-order valence-corrected chi connectivity index (χ3v) is 4.16. The molecule has 0 aliphatic carbocycles. The first-order valence-corrected chi connectivity index (χ1v) is 8.07. The highest BCUT2D eigenvalue weighted by Gasteiger charge is 2.42. The summed E-state index contributed by atoms with van der Waals surface area (Å²) in [6.07, 6.45) is 4.77. The van der Waals surface area contributed by atoms with Crippen molar-refractivity contribution in [3.05, 3.63) is 48.2 Å². The molecule has 0 saturated heterocycles. The van der Waals surface area contributed by atoms with Crippen molar-refractivity contribution in [2.75, 3.05) is 32.1 Å². The highest BCUT2D eigenvalue weighted by Crippen LogP contribution is 2.36. The van der Waals surface area contributed by atoms with Crippen molar-refractivity contribution in [1.29, 1.82) is 0 Å². The predicted octanol–water partition coefficient (Wildman–Crippen LogP) is 0.641. The van der Waals surface area contributed by atoms with E-state index < -0.39 is 6.04 Å². The number of fused-ring (bicyclic) bond motifs is 1. The second kappa shape index (κ2) is 7.35. The van der Waals surface area contributed by atoms with Gasteiger partial charge in [0.2, 0.25) is 5.91 Å². The summed E-state index contributed by atoms with van der Waals surface area (Å²) in [6.45, 7) is 1.29. The summed E-state index contributed by atoms with van der Waals surface area (Å²) in [6, 6.07) is 4.82. The van der Waals surface area contributed by atoms with E-state index in [4.69, 9.17) is 0 Å². The maximum absolute atomic E-state index is 12.8. The standard InChI is InChI=1S/C17H20N6O2/c1-18-9-10-22(2)14(24)11-12-15-16(21-8-7-20-15)17(25)23(12)13-5-3-4-6-19-13/h3-8,12,18H,9-11H2,1-2H3/t12-/m0/s1. The fraction of sp³-hybridized carbons (Fsp3) is 0.353. The Morgan fingerprint density at radius 1 is 1.24 bits per heavy atom. The predicted molar refractivity (Wildman–Crippen MR) is 92.0 cm³/mol. The van der Waals surface area contributed by atoms with Crippen LogP contribution in [0.2, 0.25) is 0 Å². The summed E-state index contributed by atoms with van der Waals surface area (Å²) in [5.74, 6) is 0.146. The maximum Gasteiger partial charge on any atom is 0.280 e. The normalized spacial score (nSPS) is 16.0. The molecule has 1 aliphatic heterocycles. The Hall–Kier alpha value is -2.87. The van der Waals surface area contributed by atoms with Crippen LogP contribution in [0, 0.1) is 0 Å². The second-order valence-corrected chi connectivity index (χ2v) is 5.79. The zero-order valence-electron chi connectivity index (χ0n) is 14.2. The summed E-state index contributed by atoms with van der Waals surface area (Å²) >= 11 is 0. The van der Waals surface area contributed by atoms with Crippen molar-refractivity contribution < 1.29 is 9.59 Å². The van der Waals surface area contributed by atoms with Crippen molar-refractivity contribution in [2.24, 2.45) is 0 Å². The number of amides is 2. The number of hydrogen-bond acceptors (Lipinski definition) is 6.